The molecule has 0 aliphatic heterocycles. The standard InChI is InChI=1S/C11H12N2O5/c1-15-6-4-7(16-2)9(8(5-6)17-3)10-12-11(14)18-13-10/h4-5H,1-3H3,(H,12,13,14). The number of methoxy groups -OCH3 is 3. The second-order valence-corrected chi connectivity index (χ2v) is 3.35. The first-order chi connectivity index (χ1) is 8.69. The summed E-state index contributed by atoms with van der Waals surface area (Å²) >= 11 is 0. The van der Waals surface area contributed by atoms with Crippen molar-refractivity contribution in [1.29, 1.82) is 0 Å². The molecule has 0 saturated carbocycles. The maximum absolute atomic E-state index is 11.0. The maximum Gasteiger partial charge on any atom is 0.439 e. The minimum atomic E-state index is -0.648. The molecule has 1 aromatic carbocycles. The molecule has 0 aliphatic rings. The van der Waals surface area contributed by atoms with Crippen molar-refractivity contribution in [2.45, 2.75) is 0 Å². The van der Waals surface area contributed by atoms with Gasteiger partial charge in [0, 0.05) is 12.1 Å². The molecule has 0 aliphatic carbocycles. The number of aromatic nitrogens is 2. The molecule has 0 atom stereocenters. The molecular formula is C11H12N2O5. The Morgan fingerprint density at radius 1 is 1.11 bits per heavy atom. The van der Waals surface area contributed by atoms with Crippen molar-refractivity contribution in [3.8, 4) is 28.6 Å². The van der Waals surface area contributed by atoms with Crippen LogP contribution in [0.3, 0.4) is 0 Å². The van der Waals surface area contributed by atoms with Crippen LogP contribution >= 0.6 is 0 Å². The van der Waals surface area contributed by atoms with E-state index in [1.54, 1.807) is 12.1 Å². The molecule has 2 rings (SSSR count). The monoisotopic (exact) mass is 252 g/mol. The zero-order valence-corrected chi connectivity index (χ0v) is 10.1. The first-order valence-electron chi connectivity index (χ1n) is 5.06. The molecule has 7 nitrogen and oxygen atoms in total. The van der Waals surface area contributed by atoms with Crippen molar-refractivity contribution in [1.82, 2.24) is 10.1 Å². The van der Waals surface area contributed by atoms with Gasteiger partial charge in [-0.1, -0.05) is 5.16 Å². The third-order valence-corrected chi connectivity index (χ3v) is 2.39. The second-order valence-electron chi connectivity index (χ2n) is 3.35. The number of aromatic amines is 1. The van der Waals surface area contributed by atoms with E-state index in [0.29, 0.717) is 22.8 Å². The summed E-state index contributed by atoms with van der Waals surface area (Å²) in [6, 6.07) is 3.32. The predicted molar refractivity (Wildman–Crippen MR) is 62.2 cm³/mol. The van der Waals surface area contributed by atoms with Gasteiger partial charge < -0.3 is 14.2 Å². The number of H-pyrrole nitrogens is 1. The van der Waals surface area contributed by atoms with E-state index in [2.05, 4.69) is 14.7 Å². The molecule has 7 heteroatoms. The molecule has 1 aromatic heterocycles. The molecule has 0 spiro atoms. The number of hydrogen-bond donors (Lipinski definition) is 1. The summed E-state index contributed by atoms with van der Waals surface area (Å²) in [5.41, 5.74) is 0.492. The number of ether oxygens (including phenoxy) is 3. The average molecular weight is 252 g/mol. The highest BCUT2D eigenvalue weighted by Gasteiger charge is 2.18. The summed E-state index contributed by atoms with van der Waals surface area (Å²) < 4.78 is 20.1. The van der Waals surface area contributed by atoms with Crippen LogP contribution in [-0.2, 0) is 0 Å². The minimum absolute atomic E-state index is 0.233. The van der Waals surface area contributed by atoms with Crippen LogP contribution in [0.4, 0.5) is 0 Å². The molecule has 1 N–H and O–H groups in total. The summed E-state index contributed by atoms with van der Waals surface area (Å²) in [5, 5.41) is 3.61. The van der Waals surface area contributed by atoms with E-state index >= 15 is 0 Å². The number of benzene rings is 1. The van der Waals surface area contributed by atoms with E-state index in [4.69, 9.17) is 14.2 Å². The van der Waals surface area contributed by atoms with Crippen LogP contribution in [0, 0.1) is 0 Å². The zero-order chi connectivity index (χ0) is 13.1. The van der Waals surface area contributed by atoms with Gasteiger partial charge >= 0.3 is 5.76 Å². The molecular weight excluding hydrogens is 240 g/mol. The van der Waals surface area contributed by atoms with Crippen molar-refractivity contribution < 1.29 is 18.7 Å². The van der Waals surface area contributed by atoms with Gasteiger partial charge in [-0.3, -0.25) is 9.51 Å². The van der Waals surface area contributed by atoms with Crippen molar-refractivity contribution in [2.24, 2.45) is 0 Å². The Bertz CT molecular complexity index is 576. The van der Waals surface area contributed by atoms with Gasteiger partial charge in [0.2, 0.25) is 0 Å². The van der Waals surface area contributed by atoms with Crippen LogP contribution in [0.1, 0.15) is 0 Å². The van der Waals surface area contributed by atoms with E-state index in [1.807, 2.05) is 0 Å². The van der Waals surface area contributed by atoms with Crippen molar-refractivity contribution >= 4 is 0 Å². The number of nitrogens with one attached hydrogen (secondary N) is 1. The maximum atomic E-state index is 11.0. The van der Waals surface area contributed by atoms with Crippen LogP contribution in [0.5, 0.6) is 17.2 Å². The highest BCUT2D eigenvalue weighted by atomic mass is 16.5. The molecule has 0 bridgehead atoms. The van der Waals surface area contributed by atoms with E-state index in [-0.39, 0.29) is 5.82 Å². The van der Waals surface area contributed by atoms with Crippen LogP contribution in [-0.4, -0.2) is 31.5 Å². The Labute approximate surface area is 102 Å². The fourth-order valence-electron chi connectivity index (χ4n) is 1.58. The van der Waals surface area contributed by atoms with Gasteiger partial charge in [-0.25, -0.2) is 4.79 Å². The van der Waals surface area contributed by atoms with E-state index in [1.165, 1.54) is 21.3 Å². The molecule has 0 saturated heterocycles. The number of nitrogens with zero attached hydrogens (tertiary/aromatic N) is 1. The zero-order valence-electron chi connectivity index (χ0n) is 10.1. The summed E-state index contributed by atoms with van der Waals surface area (Å²) in [6.07, 6.45) is 0. The van der Waals surface area contributed by atoms with Crippen LogP contribution < -0.4 is 20.0 Å². The normalized spacial score (nSPS) is 10.2. The minimum Gasteiger partial charge on any atom is -0.496 e. The molecule has 0 radical (unpaired) electrons. The molecule has 1 heterocycles. The summed E-state index contributed by atoms with van der Waals surface area (Å²) in [7, 11) is 4.53. The molecule has 2 aromatic rings. The van der Waals surface area contributed by atoms with E-state index in [9.17, 15) is 4.79 Å². The molecule has 96 valence electrons. The largest absolute Gasteiger partial charge is 0.496 e. The lowest BCUT2D eigenvalue weighted by Gasteiger charge is -2.12. The molecule has 0 fully saturated rings. The number of rotatable bonds is 4. The Morgan fingerprint density at radius 3 is 2.11 bits per heavy atom. The van der Waals surface area contributed by atoms with Gasteiger partial charge in [-0.15, -0.1) is 0 Å². The molecule has 18 heavy (non-hydrogen) atoms. The van der Waals surface area contributed by atoms with Crippen LogP contribution in [0.2, 0.25) is 0 Å². The van der Waals surface area contributed by atoms with Gasteiger partial charge in [0.1, 0.15) is 22.8 Å². The van der Waals surface area contributed by atoms with Crippen LogP contribution in [0.25, 0.3) is 11.4 Å². The Hall–Kier alpha value is -2.44. The van der Waals surface area contributed by atoms with Crippen molar-refractivity contribution in [3.05, 3.63) is 22.7 Å². The van der Waals surface area contributed by atoms with Gasteiger partial charge in [0.15, 0.2) is 5.82 Å². The Balaban J connectivity index is 2.67. The van der Waals surface area contributed by atoms with Crippen LogP contribution in [0.15, 0.2) is 21.5 Å². The van der Waals surface area contributed by atoms with Gasteiger partial charge in [-0.05, 0) is 0 Å². The predicted octanol–water partition coefficient (Wildman–Crippen LogP) is 1.06. The smallest absolute Gasteiger partial charge is 0.439 e. The lowest BCUT2D eigenvalue weighted by atomic mass is 10.1. The van der Waals surface area contributed by atoms with Gasteiger partial charge in [0.25, 0.3) is 0 Å². The topological polar surface area (TPSA) is 86.6 Å². The quantitative estimate of drug-likeness (QED) is 0.875. The third kappa shape index (κ3) is 2.02. The number of hydrogen-bond acceptors (Lipinski definition) is 6. The SMILES string of the molecule is COc1cc(OC)c(-c2noc(=O)[nH]2)c(OC)c1. The van der Waals surface area contributed by atoms with E-state index < -0.39 is 5.76 Å². The molecule has 0 unspecified atom stereocenters. The lowest BCUT2D eigenvalue weighted by molar-refractivity contribution is 0.373. The first kappa shape index (κ1) is 12.0. The lowest BCUT2D eigenvalue weighted by Crippen LogP contribution is -1.98. The first-order valence-corrected chi connectivity index (χ1v) is 5.06. The van der Waals surface area contributed by atoms with Gasteiger partial charge in [-0.2, -0.15) is 0 Å². The highest BCUT2D eigenvalue weighted by molar-refractivity contribution is 5.73. The summed E-state index contributed by atoms with van der Waals surface area (Å²) in [6.45, 7) is 0. The summed E-state index contributed by atoms with van der Waals surface area (Å²) in [4.78, 5) is 13.4. The Kier molecular flexibility index (Phi) is 3.22. The van der Waals surface area contributed by atoms with E-state index in [0.717, 1.165) is 0 Å². The average Bonchev–Trinajstić information content (AvgIpc) is 2.83. The Morgan fingerprint density at radius 2 is 1.72 bits per heavy atom. The highest BCUT2D eigenvalue weighted by Crippen LogP contribution is 2.39. The molecule has 0 amide bonds. The fourth-order valence-corrected chi connectivity index (χ4v) is 1.58. The van der Waals surface area contributed by atoms with Crippen molar-refractivity contribution in [3.63, 3.8) is 0 Å². The third-order valence-electron chi connectivity index (χ3n) is 2.39. The van der Waals surface area contributed by atoms with Crippen molar-refractivity contribution in [2.75, 3.05) is 21.3 Å². The second kappa shape index (κ2) is 4.82. The summed E-state index contributed by atoms with van der Waals surface area (Å²) in [5.74, 6) is 1.06. The fraction of sp³-hybridized carbons (Fsp3) is 0.273. The van der Waals surface area contributed by atoms with Gasteiger partial charge in [0.05, 0.1) is 21.3 Å².